The summed E-state index contributed by atoms with van der Waals surface area (Å²) in [6.45, 7) is 0. The predicted molar refractivity (Wildman–Crippen MR) is 57.8 cm³/mol. The van der Waals surface area contributed by atoms with E-state index in [9.17, 15) is 9.59 Å². The average Bonchev–Trinajstić information content (AvgIpc) is 2.26. The predicted octanol–water partition coefficient (Wildman–Crippen LogP) is 0.869. The Morgan fingerprint density at radius 1 is 1.18 bits per heavy atom. The van der Waals surface area contributed by atoms with Crippen LogP contribution in [0.2, 0.25) is 0 Å². The van der Waals surface area contributed by atoms with Gasteiger partial charge in [-0.05, 0) is 50.4 Å². The molecule has 0 aromatic rings. The van der Waals surface area contributed by atoms with Gasteiger partial charge in [-0.1, -0.05) is 0 Å². The number of rotatable bonds is 3. The number of Topliss-reactive ketones (excluding diaryl/α,β-unsaturated/α-hetero) is 1. The number of aliphatic carboxylic acids is 1. The minimum Gasteiger partial charge on any atom is -0.475 e. The third kappa shape index (κ3) is 1.45. The van der Waals surface area contributed by atoms with Crippen LogP contribution in [0.25, 0.3) is 0 Å². The Balaban J connectivity index is 1.97. The molecule has 0 aliphatic heterocycles. The SMILES string of the molecule is NOC12CC3CC(C1)CC(C(=O)C(=O)O)(C3)C2. The van der Waals surface area contributed by atoms with E-state index in [1.807, 2.05) is 0 Å². The van der Waals surface area contributed by atoms with E-state index in [0.29, 0.717) is 31.1 Å². The van der Waals surface area contributed by atoms with Crippen LogP contribution in [0.15, 0.2) is 0 Å². The highest BCUT2D eigenvalue weighted by molar-refractivity contribution is 6.35. The van der Waals surface area contributed by atoms with E-state index in [4.69, 9.17) is 15.8 Å². The molecule has 0 aromatic heterocycles. The fraction of sp³-hybridized carbons (Fsp3) is 0.833. The van der Waals surface area contributed by atoms with E-state index in [1.54, 1.807) is 0 Å². The molecule has 2 unspecified atom stereocenters. The van der Waals surface area contributed by atoms with E-state index in [-0.39, 0.29) is 0 Å². The third-order valence-corrected chi connectivity index (χ3v) is 4.93. The molecule has 0 saturated heterocycles. The van der Waals surface area contributed by atoms with Crippen LogP contribution in [0.4, 0.5) is 0 Å². The van der Waals surface area contributed by atoms with Crippen molar-refractivity contribution in [3.05, 3.63) is 0 Å². The van der Waals surface area contributed by atoms with Crippen LogP contribution in [0.5, 0.6) is 0 Å². The van der Waals surface area contributed by atoms with Gasteiger partial charge in [-0.15, -0.1) is 0 Å². The van der Waals surface area contributed by atoms with Crippen molar-refractivity contribution in [3.63, 3.8) is 0 Å². The molecular weight excluding hydrogens is 222 g/mol. The van der Waals surface area contributed by atoms with E-state index in [0.717, 1.165) is 19.3 Å². The highest BCUT2D eigenvalue weighted by atomic mass is 16.6. The van der Waals surface area contributed by atoms with Crippen LogP contribution in [-0.4, -0.2) is 22.5 Å². The lowest BCUT2D eigenvalue weighted by Gasteiger charge is -2.59. The molecule has 2 atom stereocenters. The number of ketones is 1. The Labute approximate surface area is 99.3 Å². The Hall–Kier alpha value is -0.940. The monoisotopic (exact) mass is 239 g/mol. The van der Waals surface area contributed by atoms with Gasteiger partial charge in [0.1, 0.15) is 0 Å². The summed E-state index contributed by atoms with van der Waals surface area (Å²) in [6.07, 6.45) is 4.77. The molecule has 3 N–H and O–H groups in total. The molecule has 4 bridgehead atoms. The number of hydrogen-bond donors (Lipinski definition) is 2. The summed E-state index contributed by atoms with van der Waals surface area (Å²) < 4.78 is 0. The zero-order valence-electron chi connectivity index (χ0n) is 9.65. The summed E-state index contributed by atoms with van der Waals surface area (Å²) >= 11 is 0. The Bertz CT molecular complexity index is 378. The van der Waals surface area contributed by atoms with Crippen molar-refractivity contribution in [1.29, 1.82) is 0 Å². The summed E-state index contributed by atoms with van der Waals surface area (Å²) in [5.74, 6) is 4.28. The molecule has 4 aliphatic carbocycles. The fourth-order valence-electron chi connectivity index (χ4n) is 4.81. The van der Waals surface area contributed by atoms with Crippen LogP contribution in [0, 0.1) is 17.3 Å². The molecule has 0 aromatic carbocycles. The summed E-state index contributed by atoms with van der Waals surface area (Å²) in [7, 11) is 0. The van der Waals surface area contributed by atoms with Crippen LogP contribution in [0.3, 0.4) is 0 Å². The van der Waals surface area contributed by atoms with E-state index in [2.05, 4.69) is 0 Å². The lowest BCUT2D eigenvalue weighted by atomic mass is 9.47. The average molecular weight is 239 g/mol. The first-order valence-electron chi connectivity index (χ1n) is 6.14. The van der Waals surface area contributed by atoms with E-state index < -0.39 is 22.8 Å². The maximum absolute atomic E-state index is 12.0. The fourth-order valence-corrected chi connectivity index (χ4v) is 4.81. The lowest BCUT2D eigenvalue weighted by molar-refractivity contribution is -0.200. The van der Waals surface area contributed by atoms with Gasteiger partial charge < -0.3 is 5.11 Å². The van der Waals surface area contributed by atoms with Crippen LogP contribution >= 0.6 is 0 Å². The second-order valence-corrected chi connectivity index (χ2v) is 6.18. The van der Waals surface area contributed by atoms with Crippen molar-refractivity contribution in [1.82, 2.24) is 0 Å². The molecule has 94 valence electrons. The Morgan fingerprint density at radius 2 is 1.76 bits per heavy atom. The van der Waals surface area contributed by atoms with Gasteiger partial charge in [-0.3, -0.25) is 9.63 Å². The highest BCUT2D eigenvalue weighted by Gasteiger charge is 2.62. The lowest BCUT2D eigenvalue weighted by Crippen LogP contribution is -2.60. The Morgan fingerprint density at radius 3 is 2.24 bits per heavy atom. The van der Waals surface area contributed by atoms with Gasteiger partial charge in [-0.25, -0.2) is 10.7 Å². The first kappa shape index (κ1) is 11.2. The van der Waals surface area contributed by atoms with Gasteiger partial charge >= 0.3 is 5.97 Å². The number of carboxylic acid groups (broad SMARTS) is 1. The molecule has 4 saturated carbocycles. The van der Waals surface area contributed by atoms with Crippen molar-refractivity contribution >= 4 is 11.8 Å². The smallest absolute Gasteiger partial charge is 0.372 e. The standard InChI is InChI=1S/C12H17NO4/c13-17-12-4-7-1-8(5-12)3-11(2-7,6-12)9(14)10(15)16/h7-8H,1-6,13H2,(H,15,16). The quantitative estimate of drug-likeness (QED) is 0.563. The molecule has 0 heterocycles. The van der Waals surface area contributed by atoms with Crippen LogP contribution in [-0.2, 0) is 14.4 Å². The second kappa shape index (κ2) is 3.29. The molecule has 0 spiro atoms. The molecule has 4 rings (SSSR count). The number of carboxylic acids is 1. The minimum atomic E-state index is -1.31. The van der Waals surface area contributed by atoms with E-state index in [1.165, 1.54) is 0 Å². The van der Waals surface area contributed by atoms with Crippen molar-refractivity contribution in [2.75, 3.05) is 0 Å². The Kier molecular flexibility index (Phi) is 2.16. The van der Waals surface area contributed by atoms with Crippen LogP contribution in [0.1, 0.15) is 38.5 Å². The molecule has 17 heavy (non-hydrogen) atoms. The molecule has 4 fully saturated rings. The molecular formula is C12H17NO4. The van der Waals surface area contributed by atoms with Gasteiger partial charge in [0.15, 0.2) is 0 Å². The van der Waals surface area contributed by atoms with Crippen molar-refractivity contribution in [3.8, 4) is 0 Å². The minimum absolute atomic E-state index is 0.406. The topological polar surface area (TPSA) is 89.6 Å². The van der Waals surface area contributed by atoms with Crippen LogP contribution < -0.4 is 5.90 Å². The number of carbonyl (C=O) groups is 2. The maximum atomic E-state index is 12.0. The molecule has 5 heteroatoms. The third-order valence-electron chi connectivity index (χ3n) is 4.93. The van der Waals surface area contributed by atoms with Gasteiger partial charge in [0.05, 0.1) is 5.60 Å². The van der Waals surface area contributed by atoms with Crippen molar-refractivity contribution in [2.45, 2.75) is 44.1 Å². The highest BCUT2D eigenvalue weighted by Crippen LogP contribution is 2.62. The normalized spacial score (nSPS) is 47.1. The summed E-state index contributed by atoms with van der Waals surface area (Å²) in [5, 5.41) is 8.98. The van der Waals surface area contributed by atoms with Gasteiger partial charge in [0.2, 0.25) is 5.78 Å². The largest absolute Gasteiger partial charge is 0.475 e. The first-order chi connectivity index (χ1) is 7.99. The van der Waals surface area contributed by atoms with Crippen molar-refractivity contribution in [2.24, 2.45) is 23.1 Å². The van der Waals surface area contributed by atoms with Gasteiger partial charge in [0.25, 0.3) is 0 Å². The van der Waals surface area contributed by atoms with Gasteiger partial charge in [-0.2, -0.15) is 0 Å². The molecule has 0 radical (unpaired) electrons. The van der Waals surface area contributed by atoms with Crippen molar-refractivity contribution < 1.29 is 19.5 Å². The number of nitrogens with two attached hydrogens (primary N) is 1. The second-order valence-electron chi connectivity index (χ2n) is 6.18. The number of hydrogen-bond acceptors (Lipinski definition) is 4. The zero-order chi connectivity index (χ0) is 12.3. The molecule has 4 aliphatic rings. The molecule has 0 amide bonds. The zero-order valence-corrected chi connectivity index (χ0v) is 9.65. The maximum Gasteiger partial charge on any atom is 0.372 e. The van der Waals surface area contributed by atoms with Gasteiger partial charge in [0, 0.05) is 5.41 Å². The summed E-state index contributed by atoms with van der Waals surface area (Å²) in [4.78, 5) is 28.1. The molecule has 5 nitrogen and oxygen atoms in total. The summed E-state index contributed by atoms with van der Waals surface area (Å²) in [5.41, 5.74) is -1.13. The first-order valence-corrected chi connectivity index (χ1v) is 6.14. The summed E-state index contributed by atoms with van der Waals surface area (Å²) in [6, 6.07) is 0. The number of carbonyl (C=O) groups excluding carboxylic acids is 1. The van der Waals surface area contributed by atoms with E-state index >= 15 is 0 Å².